The van der Waals surface area contributed by atoms with Gasteiger partial charge in [0.2, 0.25) is 5.91 Å². The Bertz CT molecular complexity index is 952. The summed E-state index contributed by atoms with van der Waals surface area (Å²) in [7, 11) is -3.98. The van der Waals surface area contributed by atoms with Gasteiger partial charge in [0.1, 0.15) is 11.4 Å². The molecular weight excluding hydrogens is 352 g/mol. The summed E-state index contributed by atoms with van der Waals surface area (Å²) in [6.45, 7) is 3.34. The smallest absolute Gasteiger partial charge is 0.269 e. The molecule has 6 nitrogen and oxygen atoms in total. The van der Waals surface area contributed by atoms with Crippen molar-refractivity contribution >= 4 is 21.8 Å². The molecule has 0 aromatic heterocycles. The first-order valence-electron chi connectivity index (χ1n) is 8.39. The van der Waals surface area contributed by atoms with Gasteiger partial charge in [0.15, 0.2) is 0 Å². The summed E-state index contributed by atoms with van der Waals surface area (Å²) in [5, 5.41) is 2.75. The minimum atomic E-state index is -3.98. The number of nitrogens with one attached hydrogen (secondary N) is 1. The van der Waals surface area contributed by atoms with Gasteiger partial charge in [-0.15, -0.1) is 0 Å². The average molecular weight is 372 g/mol. The first kappa shape index (κ1) is 18.1. The maximum absolute atomic E-state index is 12.5. The first-order chi connectivity index (χ1) is 12.3. The molecule has 2 aromatic rings. The van der Waals surface area contributed by atoms with Crippen molar-refractivity contribution in [2.24, 2.45) is 0 Å². The zero-order valence-electron chi connectivity index (χ0n) is 14.6. The number of nitrogens with zero attached hydrogens (tertiary/aromatic N) is 1. The van der Waals surface area contributed by atoms with Crippen molar-refractivity contribution in [2.75, 3.05) is 6.54 Å². The number of hydrogen-bond acceptors (Lipinski definition) is 4. The molecule has 136 valence electrons. The lowest BCUT2D eigenvalue weighted by atomic mass is 10.1. The van der Waals surface area contributed by atoms with E-state index in [2.05, 4.69) is 12.2 Å². The van der Waals surface area contributed by atoms with Crippen LogP contribution in [0.5, 0.6) is 0 Å². The predicted molar refractivity (Wildman–Crippen MR) is 97.0 cm³/mol. The molecule has 0 fully saturated rings. The molecule has 1 aliphatic rings. The summed E-state index contributed by atoms with van der Waals surface area (Å²) in [5.74, 6) is -1.20. The average Bonchev–Trinajstić information content (AvgIpc) is 2.83. The third-order valence-corrected chi connectivity index (χ3v) is 6.25. The van der Waals surface area contributed by atoms with Crippen LogP contribution in [0.4, 0.5) is 0 Å². The molecule has 0 saturated heterocycles. The van der Waals surface area contributed by atoms with Gasteiger partial charge in [-0.3, -0.25) is 9.59 Å². The van der Waals surface area contributed by atoms with Gasteiger partial charge in [0.05, 0.1) is 11.6 Å². The van der Waals surface area contributed by atoms with Crippen molar-refractivity contribution in [3.8, 4) is 0 Å². The van der Waals surface area contributed by atoms with Crippen molar-refractivity contribution in [1.82, 2.24) is 9.62 Å². The quantitative estimate of drug-likeness (QED) is 0.873. The van der Waals surface area contributed by atoms with Gasteiger partial charge in [-0.1, -0.05) is 43.3 Å². The monoisotopic (exact) mass is 372 g/mol. The van der Waals surface area contributed by atoms with E-state index in [-0.39, 0.29) is 16.5 Å². The third-order valence-electron chi connectivity index (χ3n) is 4.46. The Morgan fingerprint density at radius 3 is 2.38 bits per heavy atom. The summed E-state index contributed by atoms with van der Waals surface area (Å²) < 4.78 is 25.6. The van der Waals surface area contributed by atoms with Crippen molar-refractivity contribution < 1.29 is 18.0 Å². The van der Waals surface area contributed by atoms with Gasteiger partial charge >= 0.3 is 0 Å². The zero-order chi connectivity index (χ0) is 18.9. The number of fused-ring (bicyclic) bond motifs is 1. The highest BCUT2D eigenvalue weighted by atomic mass is 32.2. The maximum Gasteiger partial charge on any atom is 0.269 e. The zero-order valence-corrected chi connectivity index (χ0v) is 15.4. The molecule has 0 bridgehead atoms. The molecule has 3 rings (SSSR count). The van der Waals surface area contributed by atoms with Crippen LogP contribution in [-0.4, -0.2) is 31.1 Å². The molecule has 1 heterocycles. The van der Waals surface area contributed by atoms with Crippen LogP contribution >= 0.6 is 0 Å². The van der Waals surface area contributed by atoms with Crippen molar-refractivity contribution in [1.29, 1.82) is 0 Å². The van der Waals surface area contributed by atoms with Crippen LogP contribution in [-0.2, 0) is 21.2 Å². The number of carbonyl (C=O) groups is 2. The second kappa shape index (κ2) is 6.92. The van der Waals surface area contributed by atoms with Gasteiger partial charge in [-0.25, -0.2) is 12.7 Å². The van der Waals surface area contributed by atoms with Crippen LogP contribution in [0.25, 0.3) is 0 Å². The number of benzene rings is 2. The maximum atomic E-state index is 12.5. The first-order valence-corrected chi connectivity index (χ1v) is 9.83. The number of rotatable bonds is 5. The lowest BCUT2D eigenvalue weighted by Gasteiger charge is -2.18. The van der Waals surface area contributed by atoms with E-state index >= 15 is 0 Å². The summed E-state index contributed by atoms with van der Waals surface area (Å²) >= 11 is 0. The lowest BCUT2D eigenvalue weighted by molar-refractivity contribution is -0.121. The summed E-state index contributed by atoms with van der Waals surface area (Å²) in [4.78, 5) is 24.6. The van der Waals surface area contributed by atoms with E-state index in [1.807, 2.05) is 31.2 Å². The number of carbonyl (C=O) groups excluding carboxylic acids is 2. The van der Waals surface area contributed by atoms with Crippen molar-refractivity contribution in [2.45, 2.75) is 31.2 Å². The lowest BCUT2D eigenvalue weighted by Crippen LogP contribution is -2.41. The Labute approximate surface area is 152 Å². The molecule has 1 atom stereocenters. The highest BCUT2D eigenvalue weighted by molar-refractivity contribution is 7.90. The predicted octanol–water partition coefficient (Wildman–Crippen LogP) is 2.27. The minimum Gasteiger partial charge on any atom is -0.348 e. The van der Waals surface area contributed by atoms with Gasteiger partial charge in [-0.2, -0.15) is 0 Å². The van der Waals surface area contributed by atoms with E-state index in [0.29, 0.717) is 4.31 Å². The third kappa shape index (κ3) is 3.22. The largest absolute Gasteiger partial charge is 0.348 e. The molecule has 2 amide bonds. The fourth-order valence-electron chi connectivity index (χ4n) is 2.93. The van der Waals surface area contributed by atoms with E-state index < -0.39 is 28.4 Å². The van der Waals surface area contributed by atoms with Crippen LogP contribution in [0.1, 0.15) is 41.4 Å². The SMILES string of the molecule is CCc1ccc([C@@H](C)NC(=O)CN2C(=O)c3ccccc3S2(=O)=O)cc1. The molecule has 0 spiro atoms. The number of sulfonamides is 1. The van der Waals surface area contributed by atoms with Crippen LogP contribution < -0.4 is 5.32 Å². The highest BCUT2D eigenvalue weighted by Gasteiger charge is 2.41. The van der Waals surface area contributed by atoms with E-state index in [0.717, 1.165) is 12.0 Å². The molecule has 7 heteroatoms. The Hall–Kier alpha value is -2.67. The topological polar surface area (TPSA) is 83.6 Å². The van der Waals surface area contributed by atoms with Crippen LogP contribution in [0.3, 0.4) is 0 Å². The number of amides is 2. The van der Waals surface area contributed by atoms with E-state index in [1.54, 1.807) is 12.1 Å². The molecule has 1 aliphatic heterocycles. The molecule has 0 aliphatic carbocycles. The molecule has 0 unspecified atom stereocenters. The van der Waals surface area contributed by atoms with Gasteiger partial charge < -0.3 is 5.32 Å². The normalized spacial score (nSPS) is 16.2. The van der Waals surface area contributed by atoms with E-state index in [1.165, 1.54) is 17.7 Å². The van der Waals surface area contributed by atoms with Crippen molar-refractivity contribution in [3.05, 3.63) is 65.2 Å². The molecule has 1 N–H and O–H groups in total. The molecule has 0 saturated carbocycles. The Morgan fingerprint density at radius 1 is 1.12 bits per heavy atom. The number of aryl methyl sites for hydroxylation is 1. The summed E-state index contributed by atoms with van der Waals surface area (Å²) in [6, 6.07) is 13.5. The Balaban J connectivity index is 1.71. The molecular formula is C19H20N2O4S. The fraction of sp³-hybridized carbons (Fsp3) is 0.263. The standard InChI is InChI=1S/C19H20N2O4S/c1-3-14-8-10-15(11-9-14)13(2)20-18(22)12-21-19(23)16-6-4-5-7-17(16)26(21,24)25/h4-11,13H,3,12H2,1-2H3,(H,20,22)/t13-/m1/s1. The second-order valence-corrected chi connectivity index (χ2v) is 8.03. The highest BCUT2D eigenvalue weighted by Crippen LogP contribution is 2.29. The van der Waals surface area contributed by atoms with Crippen molar-refractivity contribution in [3.63, 3.8) is 0 Å². The van der Waals surface area contributed by atoms with E-state index in [9.17, 15) is 18.0 Å². The van der Waals surface area contributed by atoms with Gasteiger partial charge in [0.25, 0.3) is 15.9 Å². The summed E-state index contributed by atoms with van der Waals surface area (Å²) in [5.41, 5.74) is 2.21. The molecule has 2 aromatic carbocycles. The molecule has 0 radical (unpaired) electrons. The van der Waals surface area contributed by atoms with Gasteiger partial charge in [-0.05, 0) is 36.6 Å². The van der Waals surface area contributed by atoms with Gasteiger partial charge in [0, 0.05) is 0 Å². The van der Waals surface area contributed by atoms with Crippen LogP contribution in [0, 0.1) is 0 Å². The Morgan fingerprint density at radius 2 is 1.77 bits per heavy atom. The fourth-order valence-corrected chi connectivity index (χ4v) is 4.46. The minimum absolute atomic E-state index is 0.0546. The van der Waals surface area contributed by atoms with Crippen LogP contribution in [0.15, 0.2) is 53.4 Å². The molecule has 26 heavy (non-hydrogen) atoms. The Kier molecular flexibility index (Phi) is 4.82. The number of hydrogen-bond donors (Lipinski definition) is 1. The van der Waals surface area contributed by atoms with E-state index in [4.69, 9.17) is 0 Å². The summed E-state index contributed by atoms with van der Waals surface area (Å²) in [6.07, 6.45) is 0.927. The second-order valence-electron chi connectivity index (χ2n) is 6.20. The van der Waals surface area contributed by atoms with Crippen LogP contribution in [0.2, 0.25) is 0 Å².